The lowest BCUT2D eigenvalue weighted by molar-refractivity contribution is 0.285. The summed E-state index contributed by atoms with van der Waals surface area (Å²) in [6.07, 6.45) is 13.2. The average molecular weight is 206 g/mol. The highest BCUT2D eigenvalue weighted by molar-refractivity contribution is 5.18. The minimum absolute atomic E-state index is 0.987. The van der Waals surface area contributed by atoms with Gasteiger partial charge in [0.25, 0.3) is 0 Å². The maximum Gasteiger partial charge on any atom is -0.0172 e. The summed E-state index contributed by atoms with van der Waals surface area (Å²) in [7, 11) is 0. The molecule has 2 saturated carbocycles. The van der Waals surface area contributed by atoms with Crippen molar-refractivity contribution in [2.75, 3.05) is 0 Å². The quantitative estimate of drug-likeness (QED) is 0.524. The van der Waals surface area contributed by atoms with Gasteiger partial charge in [-0.1, -0.05) is 37.3 Å². The van der Waals surface area contributed by atoms with Gasteiger partial charge in [-0.3, -0.25) is 0 Å². The Morgan fingerprint density at radius 1 is 1.07 bits per heavy atom. The van der Waals surface area contributed by atoms with Crippen molar-refractivity contribution >= 4 is 0 Å². The van der Waals surface area contributed by atoms with Crippen LogP contribution in [-0.4, -0.2) is 0 Å². The van der Waals surface area contributed by atoms with Crippen LogP contribution < -0.4 is 0 Å². The van der Waals surface area contributed by atoms with Gasteiger partial charge in [0.1, 0.15) is 0 Å². The highest BCUT2D eigenvalue weighted by atomic mass is 14.4. The van der Waals surface area contributed by atoms with E-state index in [-0.39, 0.29) is 0 Å². The third-order valence-corrected chi connectivity index (χ3v) is 4.71. The molecule has 0 aromatic carbocycles. The van der Waals surface area contributed by atoms with Gasteiger partial charge in [0.2, 0.25) is 0 Å². The van der Waals surface area contributed by atoms with Gasteiger partial charge in [0.05, 0.1) is 0 Å². The van der Waals surface area contributed by atoms with E-state index in [0.29, 0.717) is 0 Å². The lowest BCUT2D eigenvalue weighted by atomic mass is 9.71. The van der Waals surface area contributed by atoms with Crippen molar-refractivity contribution in [1.82, 2.24) is 0 Å². The molecule has 2 unspecified atom stereocenters. The Kier molecular flexibility index (Phi) is 3.88. The van der Waals surface area contributed by atoms with Gasteiger partial charge in [-0.15, -0.1) is 0 Å². The fraction of sp³-hybridized carbons (Fsp3) is 0.867. The minimum Gasteiger partial charge on any atom is -0.0741 e. The molecule has 0 N–H and O–H groups in total. The zero-order valence-electron chi connectivity index (χ0n) is 10.5. The molecule has 0 nitrogen and oxygen atoms in total. The molecule has 86 valence electrons. The Bertz CT molecular complexity index is 236. The Balaban J connectivity index is 2.17. The van der Waals surface area contributed by atoms with Gasteiger partial charge in [0, 0.05) is 0 Å². The molecule has 0 amide bonds. The first-order valence-electron chi connectivity index (χ1n) is 7.01. The first-order chi connectivity index (χ1) is 7.33. The average Bonchev–Trinajstić information content (AvgIpc) is 2.52. The Morgan fingerprint density at radius 2 is 1.80 bits per heavy atom. The second-order valence-corrected chi connectivity index (χ2v) is 5.56. The van der Waals surface area contributed by atoms with Crippen molar-refractivity contribution in [2.24, 2.45) is 11.8 Å². The van der Waals surface area contributed by atoms with E-state index in [2.05, 4.69) is 13.8 Å². The predicted octanol–water partition coefficient (Wildman–Crippen LogP) is 5.09. The molecule has 0 radical (unpaired) electrons. The van der Waals surface area contributed by atoms with Gasteiger partial charge in [-0.25, -0.2) is 0 Å². The van der Waals surface area contributed by atoms with E-state index in [0.717, 1.165) is 11.8 Å². The van der Waals surface area contributed by atoms with Crippen molar-refractivity contribution in [3.05, 3.63) is 11.1 Å². The standard InChI is InChI=1S/C15H26/c1-3-12(2)14-11-7-9-13-8-5-4-6-10-15(13)14/h13,15H,3-11H2,1-2H3/b14-12-. The van der Waals surface area contributed by atoms with E-state index >= 15 is 0 Å². The highest BCUT2D eigenvalue weighted by Gasteiger charge is 2.30. The van der Waals surface area contributed by atoms with Gasteiger partial charge in [-0.2, -0.15) is 0 Å². The summed E-state index contributed by atoms with van der Waals surface area (Å²) in [5.41, 5.74) is 3.59. The van der Waals surface area contributed by atoms with Crippen LogP contribution in [0.2, 0.25) is 0 Å². The number of hydrogen-bond donors (Lipinski definition) is 0. The van der Waals surface area contributed by atoms with Gasteiger partial charge in [-0.05, 0) is 57.3 Å². The summed E-state index contributed by atoms with van der Waals surface area (Å²) < 4.78 is 0. The van der Waals surface area contributed by atoms with Gasteiger partial charge in [0.15, 0.2) is 0 Å². The normalized spacial score (nSPS) is 35.6. The summed E-state index contributed by atoms with van der Waals surface area (Å²) in [5, 5.41) is 0. The first kappa shape index (κ1) is 11.2. The van der Waals surface area contributed by atoms with Crippen molar-refractivity contribution < 1.29 is 0 Å². The topological polar surface area (TPSA) is 0 Å². The van der Waals surface area contributed by atoms with Crippen LogP contribution in [0.25, 0.3) is 0 Å². The van der Waals surface area contributed by atoms with Crippen LogP contribution in [0, 0.1) is 11.8 Å². The van der Waals surface area contributed by atoms with Gasteiger partial charge < -0.3 is 0 Å². The Hall–Kier alpha value is -0.260. The number of allylic oxidation sites excluding steroid dienone is 2. The van der Waals surface area contributed by atoms with Crippen LogP contribution in [0.4, 0.5) is 0 Å². The van der Waals surface area contributed by atoms with E-state index in [4.69, 9.17) is 0 Å². The van der Waals surface area contributed by atoms with E-state index in [1.165, 1.54) is 57.8 Å². The molecule has 2 aliphatic carbocycles. The molecular formula is C15H26. The van der Waals surface area contributed by atoms with E-state index in [9.17, 15) is 0 Å². The predicted molar refractivity (Wildman–Crippen MR) is 66.9 cm³/mol. The van der Waals surface area contributed by atoms with Crippen LogP contribution in [-0.2, 0) is 0 Å². The van der Waals surface area contributed by atoms with Crippen LogP contribution in [0.1, 0.15) is 71.6 Å². The second kappa shape index (κ2) is 5.18. The first-order valence-corrected chi connectivity index (χ1v) is 7.01. The van der Waals surface area contributed by atoms with Gasteiger partial charge >= 0.3 is 0 Å². The third-order valence-electron chi connectivity index (χ3n) is 4.71. The maximum atomic E-state index is 2.38. The molecule has 2 fully saturated rings. The highest BCUT2D eigenvalue weighted by Crippen LogP contribution is 2.43. The number of fused-ring (bicyclic) bond motifs is 1. The van der Waals surface area contributed by atoms with Crippen LogP contribution >= 0.6 is 0 Å². The summed E-state index contributed by atoms with van der Waals surface area (Å²) in [5.74, 6) is 2.04. The molecule has 2 rings (SSSR count). The van der Waals surface area contributed by atoms with Crippen LogP contribution in [0.5, 0.6) is 0 Å². The largest absolute Gasteiger partial charge is 0.0741 e. The zero-order valence-corrected chi connectivity index (χ0v) is 10.5. The summed E-state index contributed by atoms with van der Waals surface area (Å²) >= 11 is 0. The molecular weight excluding hydrogens is 180 g/mol. The van der Waals surface area contributed by atoms with Crippen molar-refractivity contribution in [3.63, 3.8) is 0 Å². The van der Waals surface area contributed by atoms with E-state index in [1.54, 1.807) is 5.57 Å². The van der Waals surface area contributed by atoms with Crippen molar-refractivity contribution in [1.29, 1.82) is 0 Å². The van der Waals surface area contributed by atoms with E-state index in [1.807, 2.05) is 5.57 Å². The monoisotopic (exact) mass is 206 g/mol. The third kappa shape index (κ3) is 2.46. The summed E-state index contributed by atoms with van der Waals surface area (Å²) in [6.45, 7) is 4.70. The van der Waals surface area contributed by atoms with Crippen LogP contribution in [0.3, 0.4) is 0 Å². The number of hydrogen-bond acceptors (Lipinski definition) is 0. The maximum absolute atomic E-state index is 2.38. The Labute approximate surface area is 95.1 Å². The zero-order chi connectivity index (χ0) is 10.7. The van der Waals surface area contributed by atoms with Crippen LogP contribution in [0.15, 0.2) is 11.1 Å². The molecule has 2 atom stereocenters. The molecule has 0 bridgehead atoms. The van der Waals surface area contributed by atoms with E-state index < -0.39 is 0 Å². The van der Waals surface area contributed by atoms with Crippen molar-refractivity contribution in [3.8, 4) is 0 Å². The second-order valence-electron chi connectivity index (χ2n) is 5.56. The number of rotatable bonds is 1. The molecule has 0 saturated heterocycles. The molecule has 2 aliphatic rings. The molecule has 15 heavy (non-hydrogen) atoms. The summed E-state index contributed by atoms with van der Waals surface area (Å²) in [4.78, 5) is 0. The lowest BCUT2D eigenvalue weighted by Crippen LogP contribution is -2.21. The Morgan fingerprint density at radius 3 is 2.60 bits per heavy atom. The lowest BCUT2D eigenvalue weighted by Gasteiger charge is -2.34. The molecule has 0 aromatic heterocycles. The molecule has 0 heteroatoms. The molecule has 0 aromatic rings. The summed E-state index contributed by atoms with van der Waals surface area (Å²) in [6, 6.07) is 0. The smallest absolute Gasteiger partial charge is 0.0172 e. The van der Waals surface area contributed by atoms with Crippen molar-refractivity contribution in [2.45, 2.75) is 71.6 Å². The fourth-order valence-corrected chi connectivity index (χ4v) is 3.69. The molecule has 0 spiro atoms. The minimum atomic E-state index is 0.987. The fourth-order valence-electron chi connectivity index (χ4n) is 3.69. The SMILES string of the molecule is CC/C(C)=C1/CCCC2CCCCCC12. The molecule has 0 aliphatic heterocycles. The molecule has 0 heterocycles.